The molecular weight excluding hydrogens is 192 g/mol. The maximum atomic E-state index is 11.2. The van der Waals surface area contributed by atoms with Gasteiger partial charge in [-0.25, -0.2) is 8.42 Å². The molecule has 0 spiro atoms. The summed E-state index contributed by atoms with van der Waals surface area (Å²) < 4.78 is 22.0. The van der Waals surface area contributed by atoms with Gasteiger partial charge in [0.25, 0.3) is 0 Å². The lowest BCUT2D eigenvalue weighted by Crippen LogP contribution is -2.28. The van der Waals surface area contributed by atoms with E-state index in [1.54, 1.807) is 0 Å². The molecule has 1 heterocycles. The Kier molecular flexibility index (Phi) is 3.19. The number of hydrogen-bond acceptors (Lipinski definition) is 4. The lowest BCUT2D eigenvalue weighted by Gasteiger charge is -2.19. The van der Waals surface area contributed by atoms with Gasteiger partial charge in [0, 0.05) is 5.92 Å². The Hall–Kier alpha value is -0.710. The van der Waals surface area contributed by atoms with Gasteiger partial charge in [0.1, 0.15) is 21.9 Å². The minimum absolute atomic E-state index is 0.0787. The van der Waals surface area contributed by atoms with Gasteiger partial charge in [0.2, 0.25) is 0 Å². The second-order valence-corrected chi connectivity index (χ2v) is 5.57. The molecule has 5 heteroatoms. The van der Waals surface area contributed by atoms with Gasteiger partial charge >= 0.3 is 0 Å². The maximum absolute atomic E-state index is 11.2. The van der Waals surface area contributed by atoms with E-state index < -0.39 is 9.84 Å². The van der Waals surface area contributed by atoms with E-state index in [-0.39, 0.29) is 29.6 Å². The van der Waals surface area contributed by atoms with Crippen LogP contribution in [0, 0.1) is 5.92 Å². The van der Waals surface area contributed by atoms with Crippen molar-refractivity contribution < 1.29 is 18.0 Å². The molecule has 0 N–H and O–H groups in total. The van der Waals surface area contributed by atoms with Crippen molar-refractivity contribution in [2.45, 2.75) is 19.3 Å². The first-order valence-electron chi connectivity index (χ1n) is 4.22. The van der Waals surface area contributed by atoms with Crippen molar-refractivity contribution >= 4 is 21.9 Å². The normalized spacial score (nSPS) is 22.5. The molecule has 0 bridgehead atoms. The fourth-order valence-corrected chi connectivity index (χ4v) is 2.95. The van der Waals surface area contributed by atoms with Gasteiger partial charge < -0.3 is 4.79 Å². The lowest BCUT2D eigenvalue weighted by atomic mass is 9.96. The van der Waals surface area contributed by atoms with Crippen LogP contribution in [0.1, 0.15) is 19.3 Å². The van der Waals surface area contributed by atoms with Crippen LogP contribution in [0.5, 0.6) is 0 Å². The molecule has 0 aromatic carbocycles. The molecule has 1 aliphatic heterocycles. The third-order valence-corrected chi connectivity index (χ3v) is 4.01. The van der Waals surface area contributed by atoms with Gasteiger partial charge in [-0.2, -0.15) is 0 Å². The molecule has 74 valence electrons. The van der Waals surface area contributed by atoms with Crippen molar-refractivity contribution in [3.63, 3.8) is 0 Å². The van der Waals surface area contributed by atoms with Crippen LogP contribution in [-0.2, 0) is 19.4 Å². The van der Waals surface area contributed by atoms with Gasteiger partial charge in [0.15, 0.2) is 0 Å². The quantitative estimate of drug-likeness (QED) is 0.478. The number of aldehydes is 1. The summed E-state index contributed by atoms with van der Waals surface area (Å²) in [7, 11) is -2.90. The van der Waals surface area contributed by atoms with Crippen molar-refractivity contribution in [1.82, 2.24) is 0 Å². The molecule has 0 aromatic rings. The number of Topliss-reactive ketones (excluding diaryl/α,β-unsaturated/α-hetero) is 1. The second kappa shape index (κ2) is 4.00. The summed E-state index contributed by atoms with van der Waals surface area (Å²) >= 11 is 0. The third-order valence-electron chi connectivity index (χ3n) is 2.29. The molecule has 1 rings (SSSR count). The zero-order valence-electron chi connectivity index (χ0n) is 7.23. The first kappa shape index (κ1) is 10.4. The molecular formula is C8H12O4S. The molecule has 13 heavy (non-hydrogen) atoms. The number of ketones is 1. The van der Waals surface area contributed by atoms with Crippen LogP contribution in [0.25, 0.3) is 0 Å². The number of carbonyl (C=O) groups excluding carboxylic acids is 2. The van der Waals surface area contributed by atoms with Crippen LogP contribution in [0.4, 0.5) is 0 Å². The Morgan fingerprint density at radius 2 is 1.85 bits per heavy atom. The van der Waals surface area contributed by atoms with E-state index in [0.717, 1.165) is 0 Å². The highest BCUT2D eigenvalue weighted by Gasteiger charge is 2.27. The molecule has 0 saturated carbocycles. The predicted molar refractivity (Wildman–Crippen MR) is 47.1 cm³/mol. The SMILES string of the molecule is O=CCC(=O)C1CCS(=O)(=O)CC1. The molecule has 1 saturated heterocycles. The first-order chi connectivity index (χ1) is 6.05. The van der Waals surface area contributed by atoms with Gasteiger partial charge in [-0.05, 0) is 12.8 Å². The molecule has 4 nitrogen and oxygen atoms in total. The largest absolute Gasteiger partial charge is 0.303 e. The Bertz CT molecular complexity index is 290. The third kappa shape index (κ3) is 2.91. The summed E-state index contributed by atoms with van der Waals surface area (Å²) in [5.74, 6) is -0.163. The average Bonchev–Trinajstić information content (AvgIpc) is 2.04. The van der Waals surface area contributed by atoms with E-state index in [1.807, 2.05) is 0 Å². The molecule has 0 radical (unpaired) electrons. The average molecular weight is 204 g/mol. The standard InChI is InChI=1S/C8H12O4S/c9-4-1-8(10)7-2-5-13(11,12)6-3-7/h4,7H,1-3,5-6H2. The van der Waals surface area contributed by atoms with Gasteiger partial charge in [0.05, 0.1) is 17.9 Å². The number of hydrogen-bond donors (Lipinski definition) is 0. The van der Waals surface area contributed by atoms with Crippen LogP contribution >= 0.6 is 0 Å². The summed E-state index contributed by atoms with van der Waals surface area (Å²) in [5.41, 5.74) is 0. The molecule has 0 amide bonds. The van der Waals surface area contributed by atoms with E-state index in [1.165, 1.54) is 0 Å². The number of sulfone groups is 1. The first-order valence-corrected chi connectivity index (χ1v) is 6.04. The van der Waals surface area contributed by atoms with Crippen molar-refractivity contribution in [2.24, 2.45) is 5.92 Å². The van der Waals surface area contributed by atoms with E-state index in [4.69, 9.17) is 0 Å². The van der Waals surface area contributed by atoms with Crippen LogP contribution in [0.15, 0.2) is 0 Å². The monoisotopic (exact) mass is 204 g/mol. The molecule has 0 unspecified atom stereocenters. The van der Waals surface area contributed by atoms with E-state index >= 15 is 0 Å². The van der Waals surface area contributed by atoms with E-state index in [2.05, 4.69) is 0 Å². The van der Waals surface area contributed by atoms with Crippen molar-refractivity contribution in [3.05, 3.63) is 0 Å². The molecule has 1 fully saturated rings. The molecule has 0 atom stereocenters. The Labute approximate surface area is 77.2 Å². The van der Waals surface area contributed by atoms with Crippen molar-refractivity contribution in [1.29, 1.82) is 0 Å². The van der Waals surface area contributed by atoms with Crippen LogP contribution in [0.2, 0.25) is 0 Å². The Morgan fingerprint density at radius 3 is 2.31 bits per heavy atom. The maximum Gasteiger partial charge on any atom is 0.150 e. The zero-order chi connectivity index (χ0) is 9.90. The van der Waals surface area contributed by atoms with Crippen molar-refractivity contribution in [2.75, 3.05) is 11.5 Å². The summed E-state index contributed by atoms with van der Waals surface area (Å²) in [4.78, 5) is 21.2. The number of rotatable bonds is 3. The Balaban J connectivity index is 2.50. The summed E-state index contributed by atoms with van der Waals surface area (Å²) in [6.45, 7) is 0. The van der Waals surface area contributed by atoms with Gasteiger partial charge in [-0.1, -0.05) is 0 Å². The summed E-state index contributed by atoms with van der Waals surface area (Å²) in [5, 5.41) is 0. The van der Waals surface area contributed by atoms with Crippen LogP contribution in [-0.4, -0.2) is 32.0 Å². The molecule has 1 aliphatic rings. The smallest absolute Gasteiger partial charge is 0.150 e. The fraction of sp³-hybridized carbons (Fsp3) is 0.750. The molecule has 0 aliphatic carbocycles. The minimum atomic E-state index is -2.90. The highest BCUT2D eigenvalue weighted by molar-refractivity contribution is 7.91. The fourth-order valence-electron chi connectivity index (χ4n) is 1.46. The lowest BCUT2D eigenvalue weighted by molar-refractivity contribution is -0.125. The number of carbonyl (C=O) groups is 2. The molecule has 0 aromatic heterocycles. The second-order valence-electron chi connectivity index (χ2n) is 3.26. The summed E-state index contributed by atoms with van der Waals surface area (Å²) in [6, 6.07) is 0. The highest BCUT2D eigenvalue weighted by atomic mass is 32.2. The topological polar surface area (TPSA) is 68.3 Å². The van der Waals surface area contributed by atoms with Gasteiger partial charge in [-0.3, -0.25) is 4.79 Å². The minimum Gasteiger partial charge on any atom is -0.303 e. The zero-order valence-corrected chi connectivity index (χ0v) is 8.05. The van der Waals surface area contributed by atoms with Gasteiger partial charge in [-0.15, -0.1) is 0 Å². The van der Waals surface area contributed by atoms with Crippen molar-refractivity contribution in [3.8, 4) is 0 Å². The van der Waals surface area contributed by atoms with E-state index in [9.17, 15) is 18.0 Å². The predicted octanol–water partition coefficient (Wildman–Crippen LogP) is -0.0307. The Morgan fingerprint density at radius 1 is 1.31 bits per heavy atom. The highest BCUT2D eigenvalue weighted by Crippen LogP contribution is 2.20. The van der Waals surface area contributed by atoms with Crippen LogP contribution < -0.4 is 0 Å². The summed E-state index contributed by atoms with van der Waals surface area (Å²) in [6.07, 6.45) is 1.26. The van der Waals surface area contributed by atoms with E-state index in [0.29, 0.717) is 19.1 Å². The van der Waals surface area contributed by atoms with Crippen LogP contribution in [0.3, 0.4) is 0 Å².